The monoisotopic (exact) mass is 578 g/mol. The molecule has 4 bridgehead atoms. The summed E-state index contributed by atoms with van der Waals surface area (Å²) < 4.78 is 0. The standard InChI is InChI=1S/C32H48N2P2Si2/c1-37(2,3)28-16-25(21-36(30-9-7-11-33-30)31-10-8-12-34-31)26(17-29(28)38(4,5)6)32-18-22-13-23(19-32)15-24(14-22)27(32)20-35/h7-12,16-17,22-24,27,33-34H,13-15,18-21,35H2,1-6H3. The Balaban J connectivity index is 1.58. The van der Waals surface area contributed by atoms with E-state index in [1.165, 1.54) is 49.1 Å². The van der Waals surface area contributed by atoms with Gasteiger partial charge in [0.1, 0.15) is 0 Å². The lowest BCUT2D eigenvalue weighted by molar-refractivity contribution is -0.0520. The molecule has 1 aromatic carbocycles. The van der Waals surface area contributed by atoms with Crippen LogP contribution in [0.25, 0.3) is 0 Å². The molecular formula is C32H48N2P2Si2. The van der Waals surface area contributed by atoms with Gasteiger partial charge in [0.15, 0.2) is 0 Å². The van der Waals surface area contributed by atoms with Gasteiger partial charge in [-0.3, -0.25) is 0 Å². The van der Waals surface area contributed by atoms with Crippen LogP contribution in [0.3, 0.4) is 0 Å². The fraction of sp³-hybridized carbons (Fsp3) is 0.562. The van der Waals surface area contributed by atoms with E-state index in [9.17, 15) is 0 Å². The number of rotatable bonds is 8. The molecule has 4 atom stereocenters. The van der Waals surface area contributed by atoms with Crippen LogP contribution in [0, 0.1) is 23.7 Å². The third-order valence-electron chi connectivity index (χ3n) is 10.2. The highest BCUT2D eigenvalue weighted by Crippen LogP contribution is 2.64. The Morgan fingerprint density at radius 2 is 1.39 bits per heavy atom. The Kier molecular flexibility index (Phi) is 7.07. The zero-order valence-electron chi connectivity index (χ0n) is 24.4. The number of benzene rings is 1. The number of hydrogen-bond donors (Lipinski definition) is 2. The minimum absolute atomic E-state index is 0.380. The van der Waals surface area contributed by atoms with Crippen LogP contribution >= 0.6 is 17.2 Å². The van der Waals surface area contributed by atoms with Crippen molar-refractivity contribution >= 4 is 54.6 Å². The van der Waals surface area contributed by atoms with Crippen LogP contribution < -0.4 is 21.2 Å². The molecule has 2 N–H and O–H groups in total. The second kappa shape index (κ2) is 9.86. The summed E-state index contributed by atoms with van der Waals surface area (Å²) in [6, 6.07) is 14.6. The molecule has 0 radical (unpaired) electrons. The maximum atomic E-state index is 3.62. The lowest BCUT2D eigenvalue weighted by Gasteiger charge is -2.62. The molecule has 3 aromatic rings. The van der Waals surface area contributed by atoms with Gasteiger partial charge in [-0.1, -0.05) is 61.8 Å². The van der Waals surface area contributed by atoms with Gasteiger partial charge in [0.25, 0.3) is 0 Å². The van der Waals surface area contributed by atoms with E-state index in [0.717, 1.165) is 29.8 Å². The average molecular weight is 579 g/mol. The van der Waals surface area contributed by atoms with Crippen LogP contribution in [-0.4, -0.2) is 32.3 Å². The molecule has 7 rings (SSSR count). The highest BCUT2D eigenvalue weighted by Gasteiger charge is 2.57. The van der Waals surface area contributed by atoms with E-state index in [4.69, 9.17) is 0 Å². The number of aromatic nitrogens is 2. The summed E-state index contributed by atoms with van der Waals surface area (Å²) in [5.41, 5.74) is 6.64. The molecule has 0 spiro atoms. The van der Waals surface area contributed by atoms with E-state index in [1.54, 1.807) is 21.5 Å². The van der Waals surface area contributed by atoms with Crippen molar-refractivity contribution < 1.29 is 0 Å². The molecule has 4 fully saturated rings. The summed E-state index contributed by atoms with van der Waals surface area (Å²) in [7, 11) is -0.324. The minimum Gasteiger partial charge on any atom is -0.361 e. The van der Waals surface area contributed by atoms with Gasteiger partial charge in [-0.25, -0.2) is 0 Å². The first-order valence-corrected chi connectivity index (χ1v) is 24.3. The lowest BCUT2D eigenvalue weighted by Crippen LogP contribution is -2.59. The highest BCUT2D eigenvalue weighted by molar-refractivity contribution is 7.71. The second-order valence-corrected chi connectivity index (χ2v) is 27.5. The molecule has 4 aliphatic rings. The fourth-order valence-corrected chi connectivity index (χ4v) is 17.1. The molecule has 4 aliphatic carbocycles. The van der Waals surface area contributed by atoms with Gasteiger partial charge in [-0.05, 0) is 111 Å². The van der Waals surface area contributed by atoms with Crippen molar-refractivity contribution in [1.82, 2.24) is 9.97 Å². The molecule has 0 aliphatic heterocycles. The number of aromatic amines is 2. The van der Waals surface area contributed by atoms with E-state index in [1.807, 2.05) is 0 Å². The van der Waals surface area contributed by atoms with E-state index in [0.29, 0.717) is 5.41 Å². The van der Waals surface area contributed by atoms with Crippen molar-refractivity contribution in [2.45, 2.75) is 83.0 Å². The quantitative estimate of drug-likeness (QED) is 0.222. The van der Waals surface area contributed by atoms with Gasteiger partial charge in [0.2, 0.25) is 0 Å². The SMILES string of the molecule is C[Si](C)(C)c1cc(CP(c2ccc[nH]2)c2ccc[nH]2)c(C23CC4CC(CC(C4)C2CP)C3)cc1[Si](C)(C)C. The van der Waals surface area contributed by atoms with Crippen LogP contribution in [0.1, 0.15) is 43.2 Å². The van der Waals surface area contributed by atoms with Gasteiger partial charge in [-0.2, -0.15) is 0 Å². The highest BCUT2D eigenvalue weighted by atomic mass is 31.1. The molecule has 4 saturated carbocycles. The van der Waals surface area contributed by atoms with Gasteiger partial charge < -0.3 is 9.97 Å². The first-order chi connectivity index (χ1) is 18.0. The minimum atomic E-state index is -1.52. The van der Waals surface area contributed by atoms with Crippen LogP contribution in [0.5, 0.6) is 0 Å². The van der Waals surface area contributed by atoms with Crippen molar-refractivity contribution in [3.8, 4) is 0 Å². The fourth-order valence-electron chi connectivity index (χ4n) is 8.91. The van der Waals surface area contributed by atoms with Crippen LogP contribution in [0.4, 0.5) is 0 Å². The molecule has 38 heavy (non-hydrogen) atoms. The van der Waals surface area contributed by atoms with Gasteiger partial charge in [0, 0.05) is 29.4 Å². The first-order valence-electron chi connectivity index (χ1n) is 14.9. The Morgan fingerprint density at radius 3 is 1.87 bits per heavy atom. The summed E-state index contributed by atoms with van der Waals surface area (Å²) in [6.45, 7) is 15.5. The second-order valence-electron chi connectivity index (χ2n) is 14.9. The first kappa shape index (κ1) is 27.3. The third kappa shape index (κ3) is 4.70. The zero-order chi connectivity index (χ0) is 26.9. The molecule has 2 nitrogen and oxygen atoms in total. The summed E-state index contributed by atoms with van der Waals surface area (Å²) in [6.07, 6.45) is 14.0. The van der Waals surface area contributed by atoms with E-state index in [-0.39, 0.29) is 0 Å². The number of nitrogens with one attached hydrogen (secondary N) is 2. The summed E-state index contributed by atoms with van der Waals surface area (Å²) in [4.78, 5) is 7.24. The van der Waals surface area contributed by atoms with Crippen molar-refractivity contribution in [2.24, 2.45) is 23.7 Å². The maximum absolute atomic E-state index is 3.62. The normalized spacial score (nSPS) is 28.9. The summed E-state index contributed by atoms with van der Waals surface area (Å²) >= 11 is 0. The Labute approximate surface area is 236 Å². The van der Waals surface area contributed by atoms with Gasteiger partial charge in [0.05, 0.1) is 16.1 Å². The largest absolute Gasteiger partial charge is 0.361 e. The molecule has 0 saturated heterocycles. The van der Waals surface area contributed by atoms with Crippen molar-refractivity contribution in [3.05, 3.63) is 59.9 Å². The lowest BCUT2D eigenvalue weighted by atomic mass is 9.43. The van der Waals surface area contributed by atoms with Crippen molar-refractivity contribution in [3.63, 3.8) is 0 Å². The Bertz CT molecular complexity index is 1220. The van der Waals surface area contributed by atoms with Crippen LogP contribution in [0.15, 0.2) is 48.8 Å². The van der Waals surface area contributed by atoms with Crippen LogP contribution in [0.2, 0.25) is 39.3 Å². The van der Waals surface area contributed by atoms with Crippen molar-refractivity contribution in [1.29, 1.82) is 0 Å². The van der Waals surface area contributed by atoms with Crippen LogP contribution in [-0.2, 0) is 11.6 Å². The van der Waals surface area contributed by atoms with Gasteiger partial charge in [-0.15, -0.1) is 9.24 Å². The van der Waals surface area contributed by atoms with Gasteiger partial charge >= 0.3 is 0 Å². The molecule has 2 heterocycles. The molecule has 204 valence electrons. The summed E-state index contributed by atoms with van der Waals surface area (Å²) in [5.74, 6) is 3.67. The Hall–Kier alpha value is -0.926. The predicted octanol–water partition coefficient (Wildman–Crippen LogP) is 6.64. The number of hydrogen-bond acceptors (Lipinski definition) is 0. The Morgan fingerprint density at radius 1 is 0.842 bits per heavy atom. The predicted molar refractivity (Wildman–Crippen MR) is 177 cm³/mol. The van der Waals surface area contributed by atoms with E-state index < -0.39 is 24.1 Å². The third-order valence-corrected chi connectivity index (χ3v) is 17.4. The maximum Gasteiger partial charge on any atom is 0.0774 e. The van der Waals surface area contributed by atoms with E-state index in [2.05, 4.69) is 107 Å². The van der Waals surface area contributed by atoms with E-state index >= 15 is 0 Å². The molecule has 6 heteroatoms. The zero-order valence-corrected chi connectivity index (χ0v) is 28.5. The topological polar surface area (TPSA) is 31.6 Å². The number of H-pyrrole nitrogens is 2. The molecule has 0 amide bonds. The summed E-state index contributed by atoms with van der Waals surface area (Å²) in [5, 5.41) is 3.52. The smallest absolute Gasteiger partial charge is 0.0774 e. The molecule has 2 aromatic heterocycles. The van der Waals surface area contributed by atoms with Crippen molar-refractivity contribution in [2.75, 3.05) is 6.16 Å². The average Bonchev–Trinajstić information content (AvgIpc) is 3.55. The molecule has 4 unspecified atom stereocenters. The molecular weight excluding hydrogens is 530 g/mol.